The number of carbonyl (C=O) groups excluding carboxylic acids is 2. The predicted octanol–water partition coefficient (Wildman–Crippen LogP) is 3.23. The van der Waals surface area contributed by atoms with Crippen LogP contribution in [-0.4, -0.2) is 60.9 Å². The van der Waals surface area contributed by atoms with Crippen LogP contribution in [0.15, 0.2) is 40.3 Å². The fraction of sp³-hybridized carbons (Fsp3) is 0.333. The third kappa shape index (κ3) is 4.02. The van der Waals surface area contributed by atoms with Gasteiger partial charge in [-0.2, -0.15) is 0 Å². The van der Waals surface area contributed by atoms with Crippen molar-refractivity contribution in [3.05, 3.63) is 58.0 Å². The molecule has 1 aromatic carbocycles. The summed E-state index contributed by atoms with van der Waals surface area (Å²) in [4.78, 5) is 28.9. The van der Waals surface area contributed by atoms with Crippen LogP contribution in [0, 0.1) is 6.92 Å². The monoisotopic (exact) mass is 418 g/mol. The molecule has 1 N–H and O–H groups in total. The first kappa shape index (κ1) is 21.0. The van der Waals surface area contributed by atoms with E-state index in [9.17, 15) is 14.7 Å². The highest BCUT2D eigenvalue weighted by Crippen LogP contribution is 2.40. The zero-order valence-electron chi connectivity index (χ0n) is 16.7. The highest BCUT2D eigenvalue weighted by Gasteiger charge is 2.47. The zero-order valence-corrected chi connectivity index (χ0v) is 17.5. The Morgan fingerprint density at radius 2 is 2.00 bits per heavy atom. The molecule has 1 saturated heterocycles. The highest BCUT2D eigenvalue weighted by molar-refractivity contribution is 6.46. The number of carbonyl (C=O) groups is 2. The lowest BCUT2D eigenvalue weighted by molar-refractivity contribution is -0.140. The van der Waals surface area contributed by atoms with Crippen LogP contribution in [0.1, 0.15) is 23.1 Å². The summed E-state index contributed by atoms with van der Waals surface area (Å²) >= 11 is 6.17. The number of nitrogens with zero attached hydrogens (tertiary/aromatic N) is 2. The molecule has 1 atom stereocenters. The minimum Gasteiger partial charge on any atom is -0.507 e. The number of furan rings is 1. The van der Waals surface area contributed by atoms with E-state index < -0.39 is 17.7 Å². The first-order valence-corrected chi connectivity index (χ1v) is 9.45. The Morgan fingerprint density at radius 3 is 2.55 bits per heavy atom. The van der Waals surface area contributed by atoms with Gasteiger partial charge in [0, 0.05) is 18.7 Å². The standard InChI is InChI=1S/C21H23ClN2O5/c1-12-5-7-16(29-12)18-17(20(26)21(27)24(18)10-9-23(2)3)19(25)13-6-8-15(28-4)14(22)11-13/h5-8,11,18,25H,9-10H2,1-4H3/b19-17-. The maximum Gasteiger partial charge on any atom is 0.295 e. The summed E-state index contributed by atoms with van der Waals surface area (Å²) in [6.07, 6.45) is 0. The summed E-state index contributed by atoms with van der Waals surface area (Å²) in [5, 5.41) is 11.2. The molecule has 0 saturated carbocycles. The minimum atomic E-state index is -0.815. The van der Waals surface area contributed by atoms with Gasteiger partial charge in [-0.3, -0.25) is 9.59 Å². The summed E-state index contributed by atoms with van der Waals surface area (Å²) in [5.41, 5.74) is 0.291. The van der Waals surface area contributed by atoms with Crippen molar-refractivity contribution in [2.75, 3.05) is 34.3 Å². The second-order valence-corrected chi connectivity index (χ2v) is 7.50. The number of aryl methyl sites for hydroxylation is 1. The molecule has 2 heterocycles. The maximum absolute atomic E-state index is 12.9. The number of likely N-dealkylation sites (N-methyl/N-ethyl adjacent to an activating group) is 1. The Hall–Kier alpha value is -2.77. The van der Waals surface area contributed by atoms with Gasteiger partial charge in [0.2, 0.25) is 0 Å². The van der Waals surface area contributed by atoms with Crippen molar-refractivity contribution >= 4 is 29.1 Å². The lowest BCUT2D eigenvalue weighted by Crippen LogP contribution is -2.35. The second-order valence-electron chi connectivity index (χ2n) is 7.09. The van der Waals surface area contributed by atoms with Gasteiger partial charge < -0.3 is 24.1 Å². The van der Waals surface area contributed by atoms with Gasteiger partial charge in [-0.05, 0) is 51.4 Å². The van der Waals surface area contributed by atoms with Crippen molar-refractivity contribution in [3.8, 4) is 5.75 Å². The smallest absolute Gasteiger partial charge is 0.295 e. The number of aliphatic hydroxyl groups is 1. The molecular formula is C21H23ClN2O5. The van der Waals surface area contributed by atoms with Crippen LogP contribution in [0.25, 0.3) is 5.76 Å². The highest BCUT2D eigenvalue weighted by atomic mass is 35.5. The average molecular weight is 419 g/mol. The SMILES string of the molecule is COc1ccc(/C(O)=C2/C(=O)C(=O)N(CCN(C)C)C2c2ccc(C)o2)cc1Cl. The lowest BCUT2D eigenvalue weighted by Gasteiger charge is -2.24. The summed E-state index contributed by atoms with van der Waals surface area (Å²) < 4.78 is 10.9. The molecule has 0 radical (unpaired) electrons. The van der Waals surface area contributed by atoms with Gasteiger partial charge in [0.05, 0.1) is 17.7 Å². The lowest BCUT2D eigenvalue weighted by atomic mass is 9.99. The number of rotatable bonds is 6. The molecule has 1 amide bonds. The number of hydrogen-bond donors (Lipinski definition) is 1. The normalized spacial score (nSPS) is 18.7. The molecule has 1 aromatic heterocycles. The van der Waals surface area contributed by atoms with E-state index in [0.29, 0.717) is 35.9 Å². The van der Waals surface area contributed by atoms with E-state index in [4.69, 9.17) is 20.8 Å². The van der Waals surface area contributed by atoms with E-state index in [0.717, 1.165) is 0 Å². The van der Waals surface area contributed by atoms with Crippen LogP contribution in [-0.2, 0) is 9.59 Å². The van der Waals surface area contributed by atoms with Gasteiger partial charge in [-0.1, -0.05) is 11.6 Å². The summed E-state index contributed by atoms with van der Waals surface area (Å²) in [7, 11) is 5.24. The third-order valence-corrected chi connectivity index (χ3v) is 5.08. The van der Waals surface area contributed by atoms with Gasteiger partial charge in [-0.25, -0.2) is 0 Å². The third-order valence-electron chi connectivity index (χ3n) is 4.78. The Morgan fingerprint density at radius 1 is 1.28 bits per heavy atom. The van der Waals surface area contributed by atoms with Crippen molar-refractivity contribution < 1.29 is 23.8 Å². The van der Waals surface area contributed by atoms with E-state index in [-0.39, 0.29) is 16.4 Å². The summed E-state index contributed by atoms with van der Waals surface area (Å²) in [5.74, 6) is -0.237. The van der Waals surface area contributed by atoms with Crippen molar-refractivity contribution in [3.63, 3.8) is 0 Å². The number of ether oxygens (including phenoxy) is 1. The van der Waals surface area contributed by atoms with E-state index in [1.165, 1.54) is 18.1 Å². The molecule has 0 spiro atoms. The Bertz CT molecular complexity index is 979. The summed E-state index contributed by atoms with van der Waals surface area (Å²) in [6, 6.07) is 7.31. The number of benzene rings is 1. The molecule has 154 valence electrons. The van der Waals surface area contributed by atoms with E-state index in [1.54, 1.807) is 31.2 Å². The molecule has 1 unspecified atom stereocenters. The van der Waals surface area contributed by atoms with Gasteiger partial charge in [0.25, 0.3) is 11.7 Å². The molecule has 1 aliphatic heterocycles. The maximum atomic E-state index is 12.9. The zero-order chi connectivity index (χ0) is 21.3. The minimum absolute atomic E-state index is 0.0238. The molecule has 1 aliphatic rings. The second kappa shape index (κ2) is 8.31. The number of amides is 1. The number of aliphatic hydroxyl groups excluding tert-OH is 1. The van der Waals surface area contributed by atoms with Gasteiger partial charge in [0.15, 0.2) is 0 Å². The Kier molecular flexibility index (Phi) is 6.00. The molecule has 2 aromatic rings. The van der Waals surface area contributed by atoms with Crippen LogP contribution in [0.2, 0.25) is 5.02 Å². The van der Waals surface area contributed by atoms with Crippen molar-refractivity contribution in [2.45, 2.75) is 13.0 Å². The molecular weight excluding hydrogens is 396 g/mol. The van der Waals surface area contributed by atoms with Crippen molar-refractivity contribution in [1.82, 2.24) is 9.80 Å². The Balaban J connectivity index is 2.13. The number of Topliss-reactive ketones (excluding diaryl/α,β-unsaturated/α-hetero) is 1. The van der Waals surface area contributed by atoms with Crippen LogP contribution in [0.3, 0.4) is 0 Å². The molecule has 1 fully saturated rings. The number of ketones is 1. The predicted molar refractivity (Wildman–Crippen MR) is 109 cm³/mol. The largest absolute Gasteiger partial charge is 0.507 e. The fourth-order valence-corrected chi connectivity index (χ4v) is 3.54. The molecule has 3 rings (SSSR count). The molecule has 0 bridgehead atoms. The first-order chi connectivity index (χ1) is 13.7. The number of methoxy groups -OCH3 is 1. The summed E-state index contributed by atoms with van der Waals surface area (Å²) in [6.45, 7) is 2.64. The van der Waals surface area contributed by atoms with Crippen molar-refractivity contribution in [1.29, 1.82) is 0 Å². The van der Waals surface area contributed by atoms with Crippen LogP contribution in [0.5, 0.6) is 5.75 Å². The van der Waals surface area contributed by atoms with Crippen LogP contribution in [0.4, 0.5) is 0 Å². The topological polar surface area (TPSA) is 83.2 Å². The van der Waals surface area contributed by atoms with Crippen LogP contribution >= 0.6 is 11.6 Å². The average Bonchev–Trinajstić information content (AvgIpc) is 3.21. The molecule has 29 heavy (non-hydrogen) atoms. The van der Waals surface area contributed by atoms with Crippen LogP contribution < -0.4 is 4.74 Å². The quantitative estimate of drug-likeness (QED) is 0.440. The fourth-order valence-electron chi connectivity index (χ4n) is 3.28. The number of hydrogen-bond acceptors (Lipinski definition) is 6. The van der Waals surface area contributed by atoms with Gasteiger partial charge in [0.1, 0.15) is 29.1 Å². The molecule has 7 nitrogen and oxygen atoms in total. The Labute approximate surface area is 174 Å². The molecule has 8 heteroatoms. The van der Waals surface area contributed by atoms with Crippen molar-refractivity contribution in [2.24, 2.45) is 0 Å². The van der Waals surface area contributed by atoms with Gasteiger partial charge >= 0.3 is 0 Å². The van der Waals surface area contributed by atoms with E-state index >= 15 is 0 Å². The number of likely N-dealkylation sites (tertiary alicyclic amines) is 1. The molecule has 0 aliphatic carbocycles. The van der Waals surface area contributed by atoms with Gasteiger partial charge in [-0.15, -0.1) is 0 Å². The van der Waals surface area contributed by atoms with E-state index in [2.05, 4.69) is 0 Å². The first-order valence-electron chi connectivity index (χ1n) is 9.08. The number of halogens is 1. The van der Waals surface area contributed by atoms with E-state index in [1.807, 2.05) is 19.0 Å².